The topological polar surface area (TPSA) is 79.9 Å². The molecule has 0 aliphatic heterocycles. The summed E-state index contributed by atoms with van der Waals surface area (Å²) < 4.78 is 29.4. The Bertz CT molecular complexity index is 1190. The van der Waals surface area contributed by atoms with E-state index in [1.807, 2.05) is 13.2 Å². The molecule has 6 rings (SSSR count). The lowest BCUT2D eigenvalue weighted by Crippen LogP contribution is -2.26. The highest BCUT2D eigenvalue weighted by molar-refractivity contribution is 5.38. The Morgan fingerprint density at radius 3 is 1.97 bits per heavy atom. The smallest absolute Gasteiger partial charge is 0.285 e. The van der Waals surface area contributed by atoms with Gasteiger partial charge in [-0.05, 0) is 89.2 Å². The number of alkyl halides is 1. The van der Waals surface area contributed by atoms with Crippen molar-refractivity contribution in [2.24, 2.45) is 11.8 Å². The second-order valence-electron chi connectivity index (χ2n) is 11.5. The molecule has 0 saturated heterocycles. The third-order valence-corrected chi connectivity index (χ3v) is 8.12. The average molecular weight is 501 g/mol. The Balaban J connectivity index is 0.000000127. The van der Waals surface area contributed by atoms with E-state index in [0.717, 1.165) is 47.6 Å². The van der Waals surface area contributed by atoms with Gasteiger partial charge < -0.3 is 23.5 Å². The van der Waals surface area contributed by atoms with Gasteiger partial charge in [-0.15, -0.1) is 0 Å². The fraction of sp³-hybridized carbons (Fsp3) is 0.600. The first kappa shape index (κ1) is 26.4. The molecule has 0 bridgehead atoms. The zero-order chi connectivity index (χ0) is 26.2. The van der Waals surface area contributed by atoms with Crippen molar-refractivity contribution < 1.29 is 27.9 Å². The highest BCUT2D eigenvalue weighted by Crippen LogP contribution is 2.38. The molecule has 198 valence electrons. The Morgan fingerprint density at radius 2 is 1.33 bits per heavy atom. The number of hydrogen-bond donors (Lipinski definition) is 2. The van der Waals surface area contributed by atoms with E-state index in [9.17, 15) is 14.6 Å². The van der Waals surface area contributed by atoms with Crippen molar-refractivity contribution in [3.8, 4) is 11.9 Å². The molecule has 5 nitrogen and oxygen atoms in total. The summed E-state index contributed by atoms with van der Waals surface area (Å²) in [6.45, 7) is 12.0. The largest absolute Gasteiger partial charge is 0.481 e. The van der Waals surface area contributed by atoms with Crippen molar-refractivity contribution in [1.82, 2.24) is 0 Å². The summed E-state index contributed by atoms with van der Waals surface area (Å²) in [7, 11) is 0. The maximum Gasteiger partial charge on any atom is 0.285 e. The van der Waals surface area contributed by atoms with Gasteiger partial charge in [0.2, 0.25) is 0 Å². The molecule has 0 radical (unpaired) electrons. The molecule has 0 aromatic carbocycles. The monoisotopic (exact) mass is 500 g/mol. The number of aryl methyl sites for hydroxylation is 1. The summed E-state index contributed by atoms with van der Waals surface area (Å²) in [5.74, 6) is 4.43. The zero-order valence-electron chi connectivity index (χ0n) is 22.6. The Morgan fingerprint density at radius 1 is 0.806 bits per heavy atom. The quantitative estimate of drug-likeness (QED) is 0.331. The molecule has 3 heterocycles. The van der Waals surface area contributed by atoms with Crippen LogP contribution < -0.4 is 0 Å². The van der Waals surface area contributed by atoms with Crippen LogP contribution in [0.25, 0.3) is 0 Å². The minimum absolute atomic E-state index is 0.0531. The zero-order valence-corrected chi connectivity index (χ0v) is 22.6. The first-order valence-corrected chi connectivity index (χ1v) is 13.3. The Labute approximate surface area is 213 Å². The maximum absolute atomic E-state index is 13.5. The minimum atomic E-state index is -1.18. The second kappa shape index (κ2) is 10.4. The Kier molecular flexibility index (Phi) is 7.63. The summed E-state index contributed by atoms with van der Waals surface area (Å²) in [4.78, 5) is 0. The molecular weight excluding hydrogens is 459 g/mol. The maximum atomic E-state index is 13.5. The van der Waals surface area contributed by atoms with Gasteiger partial charge in [0.1, 0.15) is 22.9 Å². The average Bonchev–Trinajstić information content (AvgIpc) is 3.41. The van der Waals surface area contributed by atoms with Gasteiger partial charge >= 0.3 is 0 Å². The van der Waals surface area contributed by atoms with Crippen molar-refractivity contribution >= 4 is 0 Å². The number of hydrogen-bond acceptors (Lipinski definition) is 5. The van der Waals surface area contributed by atoms with Gasteiger partial charge in [0.05, 0.1) is 6.26 Å². The van der Waals surface area contributed by atoms with Gasteiger partial charge in [0, 0.05) is 41.5 Å². The van der Waals surface area contributed by atoms with E-state index in [-0.39, 0.29) is 18.3 Å². The lowest BCUT2D eigenvalue weighted by Gasteiger charge is -2.24. The van der Waals surface area contributed by atoms with Crippen molar-refractivity contribution in [2.45, 2.75) is 105 Å². The molecule has 6 heteroatoms. The van der Waals surface area contributed by atoms with Gasteiger partial charge in [0.25, 0.3) is 11.9 Å². The molecule has 3 aromatic heterocycles. The van der Waals surface area contributed by atoms with Crippen molar-refractivity contribution in [2.75, 3.05) is 0 Å². The summed E-state index contributed by atoms with van der Waals surface area (Å²) in [6.07, 6.45) is 10.3. The van der Waals surface area contributed by atoms with Crippen LogP contribution in [0.5, 0.6) is 11.9 Å². The predicted octanol–water partition coefficient (Wildman–Crippen LogP) is 7.64. The molecular formula is C30H41FO5. The molecule has 2 N–H and O–H groups in total. The van der Waals surface area contributed by atoms with Crippen molar-refractivity contribution in [3.05, 3.63) is 56.9 Å². The first-order chi connectivity index (χ1) is 16.9. The van der Waals surface area contributed by atoms with E-state index in [2.05, 4.69) is 20.8 Å². The van der Waals surface area contributed by atoms with Crippen molar-refractivity contribution in [1.29, 1.82) is 0 Å². The molecule has 36 heavy (non-hydrogen) atoms. The number of furan rings is 3. The Hall–Kier alpha value is -2.63. The third kappa shape index (κ3) is 5.68. The summed E-state index contributed by atoms with van der Waals surface area (Å²) >= 11 is 0. The fourth-order valence-corrected chi connectivity index (χ4v) is 5.60. The van der Waals surface area contributed by atoms with Crippen LogP contribution in [0.2, 0.25) is 0 Å². The van der Waals surface area contributed by atoms with E-state index < -0.39 is 5.67 Å². The molecule has 3 aromatic rings. The molecule has 0 amide bonds. The second-order valence-corrected chi connectivity index (χ2v) is 11.5. The third-order valence-electron chi connectivity index (χ3n) is 8.12. The standard InChI is InChI=1S/C10H13FO2.C10H14O2.C10H14O/c1-6-7-3-4-10(2,11)5-8(7)13-9(6)12;1-6-3-4-8-7(2)10(11)12-9(8)5-6;1-7-3-4-9-8(2)6-11-10(9)5-7/h12H,3-5H2,1-2H3;6,11H,3-5H2,1-2H3;6-7H,3-5H2,1-2H3/t10-;6-;7-/m000/s1. The van der Waals surface area contributed by atoms with Gasteiger partial charge in [-0.1, -0.05) is 13.8 Å². The van der Waals surface area contributed by atoms with Crippen LogP contribution >= 0.6 is 0 Å². The van der Waals surface area contributed by atoms with Crippen LogP contribution in [0.15, 0.2) is 19.5 Å². The minimum Gasteiger partial charge on any atom is -0.481 e. The summed E-state index contributed by atoms with van der Waals surface area (Å²) in [5.41, 5.74) is 5.58. The van der Waals surface area contributed by atoms with E-state index in [0.29, 0.717) is 24.5 Å². The van der Waals surface area contributed by atoms with E-state index in [4.69, 9.17) is 13.3 Å². The van der Waals surface area contributed by atoms with Gasteiger partial charge in [-0.25, -0.2) is 4.39 Å². The number of halogens is 1. The lowest BCUT2D eigenvalue weighted by molar-refractivity contribution is 0.152. The molecule has 0 saturated carbocycles. The van der Waals surface area contributed by atoms with E-state index in [1.54, 1.807) is 13.8 Å². The van der Waals surface area contributed by atoms with Gasteiger partial charge in [-0.2, -0.15) is 0 Å². The predicted molar refractivity (Wildman–Crippen MR) is 138 cm³/mol. The first-order valence-electron chi connectivity index (χ1n) is 13.3. The number of aromatic hydroxyl groups is 2. The highest BCUT2D eigenvalue weighted by Gasteiger charge is 2.33. The van der Waals surface area contributed by atoms with Crippen LogP contribution in [0.3, 0.4) is 0 Å². The fourth-order valence-electron chi connectivity index (χ4n) is 5.60. The highest BCUT2D eigenvalue weighted by atomic mass is 19.1. The number of rotatable bonds is 0. The van der Waals surface area contributed by atoms with Crippen LogP contribution in [0, 0.1) is 32.6 Å². The number of fused-ring (bicyclic) bond motifs is 3. The molecule has 0 unspecified atom stereocenters. The van der Waals surface area contributed by atoms with E-state index >= 15 is 0 Å². The lowest BCUT2D eigenvalue weighted by atomic mass is 9.86. The molecule has 3 atom stereocenters. The SMILES string of the molecule is Cc1c(O)oc2c1CC[C@H](C)C2.Cc1c(O)oc2c1CC[C@](C)(F)C2.Cc1coc2c1CC[C@H](C)C2. The van der Waals surface area contributed by atoms with Crippen LogP contribution in [0.1, 0.15) is 90.7 Å². The molecule has 0 spiro atoms. The molecule has 3 aliphatic carbocycles. The van der Waals surface area contributed by atoms with Gasteiger partial charge in [-0.3, -0.25) is 0 Å². The molecule has 0 fully saturated rings. The van der Waals surface area contributed by atoms with Crippen LogP contribution in [-0.2, 0) is 38.5 Å². The normalized spacial score (nSPS) is 24.4. The van der Waals surface area contributed by atoms with Crippen molar-refractivity contribution in [3.63, 3.8) is 0 Å². The van der Waals surface area contributed by atoms with Crippen LogP contribution in [-0.4, -0.2) is 15.9 Å². The van der Waals surface area contributed by atoms with E-state index in [1.165, 1.54) is 41.7 Å². The van der Waals surface area contributed by atoms with Crippen LogP contribution in [0.4, 0.5) is 4.39 Å². The molecule has 3 aliphatic rings. The summed E-state index contributed by atoms with van der Waals surface area (Å²) in [5, 5.41) is 18.6. The summed E-state index contributed by atoms with van der Waals surface area (Å²) in [6, 6.07) is 0. The van der Waals surface area contributed by atoms with Gasteiger partial charge in [0.15, 0.2) is 0 Å².